The predicted molar refractivity (Wildman–Crippen MR) is 111 cm³/mol. The van der Waals surface area contributed by atoms with E-state index in [0.29, 0.717) is 17.9 Å². The lowest BCUT2D eigenvalue weighted by molar-refractivity contribution is -0.139. The summed E-state index contributed by atoms with van der Waals surface area (Å²) in [6.07, 6.45) is -4.52. The first-order chi connectivity index (χ1) is 15.2. The van der Waals surface area contributed by atoms with E-state index in [4.69, 9.17) is 4.74 Å². The number of benzene rings is 3. The molecule has 0 aliphatic heterocycles. The molecule has 32 heavy (non-hydrogen) atoms. The van der Waals surface area contributed by atoms with Gasteiger partial charge in [0.25, 0.3) is 5.91 Å². The lowest BCUT2D eigenvalue weighted by Crippen LogP contribution is -2.42. The average Bonchev–Trinajstić information content (AvgIpc) is 2.78. The van der Waals surface area contributed by atoms with Gasteiger partial charge in [0.1, 0.15) is 18.4 Å². The van der Waals surface area contributed by atoms with Crippen LogP contribution in [0.2, 0.25) is 0 Å². The lowest BCUT2D eigenvalue weighted by Gasteiger charge is -2.15. The molecule has 1 amide bonds. The third-order valence-corrected chi connectivity index (χ3v) is 4.69. The molecule has 0 aromatic heterocycles. The zero-order valence-corrected chi connectivity index (χ0v) is 16.8. The monoisotopic (exact) mass is 443 g/mol. The number of ether oxygens (including phenoxy) is 1. The minimum atomic E-state index is -4.52. The van der Waals surface area contributed by atoms with Crippen molar-refractivity contribution in [1.82, 2.24) is 5.32 Å². The molecular formula is C24H20F3NO4. The summed E-state index contributed by atoms with van der Waals surface area (Å²) in [5.74, 6) is -1.41. The molecule has 5 nitrogen and oxygen atoms in total. The number of carboxylic acid groups (broad SMARTS) is 1. The SMILES string of the molecule is O=C(N[C@@H](Cc1ccc(OCc2ccccc2)cc1)C(=O)O)c1ccc(C(F)(F)F)cc1. The zero-order chi connectivity index (χ0) is 23.1. The van der Waals surface area contributed by atoms with Crippen LogP contribution in [0.25, 0.3) is 0 Å². The second-order valence-electron chi connectivity index (χ2n) is 7.06. The highest BCUT2D eigenvalue weighted by Gasteiger charge is 2.30. The average molecular weight is 443 g/mol. The summed E-state index contributed by atoms with van der Waals surface area (Å²) in [7, 11) is 0. The fraction of sp³-hybridized carbons (Fsp3) is 0.167. The predicted octanol–water partition coefficient (Wildman–Crippen LogP) is 4.71. The van der Waals surface area contributed by atoms with Gasteiger partial charge in [-0.1, -0.05) is 42.5 Å². The first-order valence-electron chi connectivity index (χ1n) is 9.69. The van der Waals surface area contributed by atoms with Crippen molar-refractivity contribution in [2.75, 3.05) is 0 Å². The molecule has 0 aliphatic rings. The van der Waals surface area contributed by atoms with Gasteiger partial charge in [0, 0.05) is 12.0 Å². The molecule has 0 spiro atoms. The number of rotatable bonds is 8. The summed E-state index contributed by atoms with van der Waals surface area (Å²) in [4.78, 5) is 23.9. The van der Waals surface area contributed by atoms with Crippen molar-refractivity contribution in [3.63, 3.8) is 0 Å². The highest BCUT2D eigenvalue weighted by Crippen LogP contribution is 2.29. The van der Waals surface area contributed by atoms with Gasteiger partial charge in [-0.15, -0.1) is 0 Å². The summed E-state index contributed by atoms with van der Waals surface area (Å²) in [5.41, 5.74) is 0.706. The molecule has 0 saturated carbocycles. The Bertz CT molecular complexity index is 1050. The van der Waals surface area contributed by atoms with Crippen LogP contribution in [0.15, 0.2) is 78.9 Å². The van der Waals surface area contributed by atoms with Crippen molar-refractivity contribution in [3.8, 4) is 5.75 Å². The van der Waals surface area contributed by atoms with E-state index in [0.717, 1.165) is 29.8 Å². The summed E-state index contributed by atoms with van der Waals surface area (Å²) >= 11 is 0. The molecule has 166 valence electrons. The standard InChI is InChI=1S/C24H20F3NO4/c25-24(26,27)19-10-8-18(9-11-19)22(29)28-21(23(30)31)14-16-6-12-20(13-7-16)32-15-17-4-2-1-3-5-17/h1-13,21H,14-15H2,(H,28,29)(H,30,31)/t21-/m0/s1. The van der Waals surface area contributed by atoms with Crippen LogP contribution >= 0.6 is 0 Å². The van der Waals surface area contributed by atoms with Crippen LogP contribution < -0.4 is 10.1 Å². The molecule has 0 bridgehead atoms. The molecule has 0 fully saturated rings. The maximum atomic E-state index is 12.7. The summed E-state index contributed by atoms with van der Waals surface area (Å²) in [6, 6.07) is 18.7. The normalized spacial score (nSPS) is 12.1. The minimum absolute atomic E-state index is 0.000668. The van der Waals surface area contributed by atoms with E-state index in [1.807, 2.05) is 30.3 Å². The number of aliphatic carboxylic acids is 1. The molecule has 0 aliphatic carbocycles. The first-order valence-corrected chi connectivity index (χ1v) is 9.69. The molecule has 1 atom stereocenters. The number of carbonyl (C=O) groups is 2. The summed E-state index contributed by atoms with van der Waals surface area (Å²) < 4.78 is 43.7. The van der Waals surface area contributed by atoms with Gasteiger partial charge < -0.3 is 15.2 Å². The van der Waals surface area contributed by atoms with Gasteiger partial charge in [0.15, 0.2) is 0 Å². The van der Waals surface area contributed by atoms with E-state index in [1.165, 1.54) is 0 Å². The molecule has 0 saturated heterocycles. The zero-order valence-electron chi connectivity index (χ0n) is 16.8. The van der Waals surface area contributed by atoms with Gasteiger partial charge in [0.05, 0.1) is 5.56 Å². The van der Waals surface area contributed by atoms with E-state index < -0.39 is 29.7 Å². The Labute approximate surface area is 182 Å². The quantitative estimate of drug-likeness (QED) is 0.529. The summed E-state index contributed by atoms with van der Waals surface area (Å²) in [5, 5.41) is 11.8. The number of alkyl halides is 3. The maximum absolute atomic E-state index is 12.7. The molecule has 3 rings (SSSR count). The topological polar surface area (TPSA) is 75.6 Å². The fourth-order valence-corrected chi connectivity index (χ4v) is 2.95. The Morgan fingerprint density at radius 3 is 2.06 bits per heavy atom. The highest BCUT2D eigenvalue weighted by molar-refractivity contribution is 5.96. The van der Waals surface area contributed by atoms with Gasteiger partial charge >= 0.3 is 12.1 Å². The largest absolute Gasteiger partial charge is 0.489 e. The molecule has 0 unspecified atom stereocenters. The third-order valence-electron chi connectivity index (χ3n) is 4.69. The third kappa shape index (κ3) is 6.34. The van der Waals surface area contributed by atoms with E-state index >= 15 is 0 Å². The van der Waals surface area contributed by atoms with Crippen LogP contribution in [0.4, 0.5) is 13.2 Å². The van der Waals surface area contributed by atoms with Crippen LogP contribution in [0, 0.1) is 0 Å². The van der Waals surface area contributed by atoms with Crippen LogP contribution in [0.5, 0.6) is 5.75 Å². The number of carboxylic acids is 1. The number of nitrogens with one attached hydrogen (secondary N) is 1. The van der Waals surface area contributed by atoms with E-state index in [9.17, 15) is 27.9 Å². The molecule has 8 heteroatoms. The van der Waals surface area contributed by atoms with Crippen molar-refractivity contribution in [2.24, 2.45) is 0 Å². The Morgan fingerprint density at radius 1 is 0.875 bits per heavy atom. The number of hydrogen-bond acceptors (Lipinski definition) is 3. The van der Waals surface area contributed by atoms with Crippen LogP contribution in [-0.2, 0) is 24.0 Å². The fourth-order valence-electron chi connectivity index (χ4n) is 2.95. The summed E-state index contributed by atoms with van der Waals surface area (Å²) in [6.45, 7) is 0.390. The van der Waals surface area contributed by atoms with Crippen molar-refractivity contribution in [2.45, 2.75) is 25.2 Å². The van der Waals surface area contributed by atoms with Crippen LogP contribution in [-0.4, -0.2) is 23.0 Å². The van der Waals surface area contributed by atoms with Gasteiger partial charge in [-0.3, -0.25) is 4.79 Å². The number of hydrogen-bond donors (Lipinski definition) is 2. The second kappa shape index (κ2) is 10.00. The Kier molecular flexibility index (Phi) is 7.14. The Morgan fingerprint density at radius 2 is 1.50 bits per heavy atom. The van der Waals surface area contributed by atoms with Gasteiger partial charge in [-0.05, 0) is 47.5 Å². The Hall–Kier alpha value is -3.81. The second-order valence-corrected chi connectivity index (χ2v) is 7.06. The van der Waals surface area contributed by atoms with Crippen molar-refractivity contribution < 1.29 is 32.6 Å². The van der Waals surface area contributed by atoms with E-state index in [2.05, 4.69) is 5.32 Å². The molecule has 3 aromatic rings. The van der Waals surface area contributed by atoms with Crippen LogP contribution in [0.3, 0.4) is 0 Å². The number of amides is 1. The van der Waals surface area contributed by atoms with Crippen LogP contribution in [0.1, 0.15) is 27.0 Å². The van der Waals surface area contributed by atoms with E-state index in [-0.39, 0.29) is 12.0 Å². The number of carbonyl (C=O) groups excluding carboxylic acids is 1. The van der Waals surface area contributed by atoms with Crippen molar-refractivity contribution in [3.05, 3.63) is 101 Å². The van der Waals surface area contributed by atoms with Gasteiger partial charge in [0.2, 0.25) is 0 Å². The Balaban J connectivity index is 1.60. The number of halogens is 3. The molecular weight excluding hydrogens is 423 g/mol. The maximum Gasteiger partial charge on any atom is 0.416 e. The van der Waals surface area contributed by atoms with Gasteiger partial charge in [-0.2, -0.15) is 13.2 Å². The molecule has 2 N–H and O–H groups in total. The van der Waals surface area contributed by atoms with Crippen molar-refractivity contribution >= 4 is 11.9 Å². The minimum Gasteiger partial charge on any atom is -0.489 e. The molecule has 3 aromatic carbocycles. The first kappa shape index (κ1) is 22.9. The molecule has 0 radical (unpaired) electrons. The van der Waals surface area contributed by atoms with E-state index in [1.54, 1.807) is 24.3 Å². The lowest BCUT2D eigenvalue weighted by atomic mass is 10.0. The smallest absolute Gasteiger partial charge is 0.416 e. The van der Waals surface area contributed by atoms with Crippen molar-refractivity contribution in [1.29, 1.82) is 0 Å². The van der Waals surface area contributed by atoms with Gasteiger partial charge in [-0.25, -0.2) is 4.79 Å². The highest BCUT2D eigenvalue weighted by atomic mass is 19.4. The molecule has 0 heterocycles.